The summed E-state index contributed by atoms with van der Waals surface area (Å²) in [5.41, 5.74) is 2.42. The molecule has 0 aliphatic heterocycles. The van der Waals surface area contributed by atoms with Gasteiger partial charge in [0.05, 0.1) is 22.5 Å². The van der Waals surface area contributed by atoms with Crippen LogP contribution in [0.4, 0.5) is 4.39 Å². The summed E-state index contributed by atoms with van der Waals surface area (Å²) in [5, 5.41) is 15.1. The number of aliphatic hydroxyl groups excluding tert-OH is 1. The van der Waals surface area contributed by atoms with Crippen molar-refractivity contribution in [2.75, 3.05) is 0 Å². The highest BCUT2D eigenvalue weighted by Gasteiger charge is 2.17. The molecule has 1 N–H and O–H groups in total. The molecule has 0 spiro atoms. The van der Waals surface area contributed by atoms with Crippen LogP contribution in [-0.2, 0) is 26.3 Å². The molecule has 0 aliphatic rings. The lowest BCUT2D eigenvalue weighted by Crippen LogP contribution is -2.16. The maximum atomic E-state index is 13.1. The molecule has 1 heterocycles. The summed E-state index contributed by atoms with van der Waals surface area (Å²) in [7, 11) is 1.81. The first-order valence-corrected chi connectivity index (χ1v) is 7.01. The van der Waals surface area contributed by atoms with Crippen molar-refractivity contribution in [2.45, 2.75) is 32.3 Å². The van der Waals surface area contributed by atoms with E-state index >= 15 is 0 Å². The highest BCUT2D eigenvalue weighted by atomic mass is 35.5. The number of aromatic nitrogens is 2. The number of aliphatic hydroxyl groups is 1. The normalized spacial score (nSPS) is 12.7. The second kappa shape index (κ2) is 6.37. The van der Waals surface area contributed by atoms with E-state index < -0.39 is 6.10 Å². The summed E-state index contributed by atoms with van der Waals surface area (Å²) < 4.78 is 14.8. The molecule has 0 fully saturated rings. The lowest BCUT2D eigenvalue weighted by molar-refractivity contribution is 0.173. The first kappa shape index (κ1) is 15.0. The van der Waals surface area contributed by atoms with Gasteiger partial charge in [0.25, 0.3) is 0 Å². The molecule has 0 bridgehead atoms. The Bertz CT molecular complexity index is 598. The maximum Gasteiger partial charge on any atom is 0.123 e. The molecule has 0 saturated carbocycles. The van der Waals surface area contributed by atoms with Gasteiger partial charge < -0.3 is 5.11 Å². The van der Waals surface area contributed by atoms with Crippen LogP contribution >= 0.6 is 11.6 Å². The van der Waals surface area contributed by atoms with Crippen molar-refractivity contribution < 1.29 is 9.50 Å². The minimum absolute atomic E-state index is 0.290. The van der Waals surface area contributed by atoms with Crippen LogP contribution in [0.15, 0.2) is 24.3 Å². The standard InChI is InChI=1S/C15H18ClFN2O/c1-3-13-15(16)14(19(2)18-13)9-12(20)8-10-5-4-6-11(17)7-10/h4-7,12,20H,3,8-9H2,1-2H3. The van der Waals surface area contributed by atoms with Gasteiger partial charge in [-0.2, -0.15) is 5.10 Å². The molecule has 0 aliphatic carbocycles. The van der Waals surface area contributed by atoms with Crippen LogP contribution in [0.2, 0.25) is 5.02 Å². The third kappa shape index (κ3) is 3.38. The molecule has 5 heteroatoms. The quantitative estimate of drug-likeness (QED) is 0.921. The van der Waals surface area contributed by atoms with E-state index in [0.29, 0.717) is 17.9 Å². The molecule has 1 unspecified atom stereocenters. The van der Waals surface area contributed by atoms with E-state index in [4.69, 9.17) is 11.6 Å². The van der Waals surface area contributed by atoms with Gasteiger partial charge in [0.15, 0.2) is 0 Å². The van der Waals surface area contributed by atoms with E-state index in [1.807, 2.05) is 14.0 Å². The van der Waals surface area contributed by atoms with Crippen molar-refractivity contribution in [3.63, 3.8) is 0 Å². The van der Waals surface area contributed by atoms with Crippen LogP contribution in [0.5, 0.6) is 0 Å². The predicted octanol–water partition coefficient (Wildman–Crippen LogP) is 2.92. The molecule has 1 atom stereocenters. The van der Waals surface area contributed by atoms with Crippen molar-refractivity contribution in [1.29, 1.82) is 0 Å². The second-order valence-electron chi connectivity index (χ2n) is 4.88. The monoisotopic (exact) mass is 296 g/mol. The van der Waals surface area contributed by atoms with Crippen molar-refractivity contribution in [1.82, 2.24) is 9.78 Å². The van der Waals surface area contributed by atoms with Gasteiger partial charge in [-0.1, -0.05) is 30.7 Å². The van der Waals surface area contributed by atoms with Crippen LogP contribution in [0.25, 0.3) is 0 Å². The third-order valence-electron chi connectivity index (χ3n) is 3.29. The zero-order chi connectivity index (χ0) is 14.7. The number of halogens is 2. The third-order valence-corrected chi connectivity index (χ3v) is 3.73. The summed E-state index contributed by atoms with van der Waals surface area (Å²) in [5.74, 6) is -0.290. The molecule has 0 amide bonds. The average Bonchev–Trinajstić information content (AvgIpc) is 2.66. The van der Waals surface area contributed by atoms with Crippen LogP contribution in [0.1, 0.15) is 23.9 Å². The van der Waals surface area contributed by atoms with Gasteiger partial charge in [0.1, 0.15) is 5.82 Å². The van der Waals surface area contributed by atoms with Crippen molar-refractivity contribution in [3.8, 4) is 0 Å². The van der Waals surface area contributed by atoms with E-state index in [-0.39, 0.29) is 5.82 Å². The first-order valence-electron chi connectivity index (χ1n) is 6.64. The van der Waals surface area contributed by atoms with Crippen molar-refractivity contribution in [2.24, 2.45) is 7.05 Å². The van der Waals surface area contributed by atoms with Gasteiger partial charge in [-0.05, 0) is 30.5 Å². The molecule has 2 aromatic rings. The maximum absolute atomic E-state index is 13.1. The largest absolute Gasteiger partial charge is 0.392 e. The minimum Gasteiger partial charge on any atom is -0.392 e. The highest BCUT2D eigenvalue weighted by molar-refractivity contribution is 6.31. The number of nitrogens with zero attached hydrogens (tertiary/aromatic N) is 2. The van der Waals surface area contributed by atoms with Gasteiger partial charge in [0.2, 0.25) is 0 Å². The number of hydrogen-bond acceptors (Lipinski definition) is 2. The Kier molecular flexibility index (Phi) is 4.78. The van der Waals surface area contributed by atoms with E-state index in [1.54, 1.807) is 16.8 Å². The highest BCUT2D eigenvalue weighted by Crippen LogP contribution is 2.22. The van der Waals surface area contributed by atoms with E-state index in [1.165, 1.54) is 12.1 Å². The van der Waals surface area contributed by atoms with E-state index in [9.17, 15) is 9.50 Å². The first-order chi connectivity index (χ1) is 9.51. The molecule has 1 aromatic carbocycles. The summed E-state index contributed by atoms with van der Waals surface area (Å²) in [4.78, 5) is 0. The molecular formula is C15H18ClFN2O. The number of aryl methyl sites for hydroxylation is 2. The molecule has 0 saturated heterocycles. The SMILES string of the molecule is CCc1nn(C)c(CC(O)Cc2cccc(F)c2)c1Cl. The summed E-state index contributed by atoms with van der Waals surface area (Å²) in [6, 6.07) is 6.27. The van der Waals surface area contributed by atoms with Crippen LogP contribution in [0, 0.1) is 5.82 Å². The summed E-state index contributed by atoms with van der Waals surface area (Å²) in [6.07, 6.45) is 0.932. The number of benzene rings is 1. The Morgan fingerprint density at radius 2 is 2.15 bits per heavy atom. The van der Waals surface area contributed by atoms with Crippen LogP contribution in [-0.4, -0.2) is 21.0 Å². The van der Waals surface area contributed by atoms with Gasteiger partial charge >= 0.3 is 0 Å². The summed E-state index contributed by atoms with van der Waals surface area (Å²) in [6.45, 7) is 1.99. The Balaban J connectivity index is 2.08. The Hall–Kier alpha value is -1.39. The minimum atomic E-state index is -0.616. The lowest BCUT2D eigenvalue weighted by Gasteiger charge is -2.11. The molecule has 3 nitrogen and oxygen atoms in total. The smallest absolute Gasteiger partial charge is 0.123 e. The van der Waals surface area contributed by atoms with Gasteiger partial charge in [-0.15, -0.1) is 0 Å². The zero-order valence-electron chi connectivity index (χ0n) is 11.6. The fourth-order valence-electron chi connectivity index (χ4n) is 2.27. The Labute approximate surface area is 123 Å². The van der Waals surface area contributed by atoms with Gasteiger partial charge in [0, 0.05) is 13.5 Å². The predicted molar refractivity (Wildman–Crippen MR) is 77.4 cm³/mol. The Morgan fingerprint density at radius 3 is 2.75 bits per heavy atom. The number of hydrogen-bond donors (Lipinski definition) is 1. The molecule has 2 rings (SSSR count). The number of rotatable bonds is 5. The molecule has 20 heavy (non-hydrogen) atoms. The average molecular weight is 297 g/mol. The van der Waals surface area contributed by atoms with Crippen molar-refractivity contribution >= 4 is 11.6 Å². The molecular weight excluding hydrogens is 279 g/mol. The van der Waals surface area contributed by atoms with Gasteiger partial charge in [-0.3, -0.25) is 4.68 Å². The van der Waals surface area contributed by atoms with Crippen LogP contribution < -0.4 is 0 Å². The van der Waals surface area contributed by atoms with Gasteiger partial charge in [-0.25, -0.2) is 4.39 Å². The van der Waals surface area contributed by atoms with E-state index in [0.717, 1.165) is 23.4 Å². The fraction of sp³-hybridized carbons (Fsp3) is 0.400. The topological polar surface area (TPSA) is 38.0 Å². The van der Waals surface area contributed by atoms with E-state index in [2.05, 4.69) is 5.10 Å². The second-order valence-corrected chi connectivity index (χ2v) is 5.25. The Morgan fingerprint density at radius 1 is 1.40 bits per heavy atom. The van der Waals surface area contributed by atoms with Crippen molar-refractivity contribution in [3.05, 3.63) is 52.1 Å². The lowest BCUT2D eigenvalue weighted by atomic mass is 10.0. The molecule has 0 radical (unpaired) electrons. The van der Waals surface area contributed by atoms with Crippen LogP contribution in [0.3, 0.4) is 0 Å². The fourth-order valence-corrected chi connectivity index (χ4v) is 2.64. The summed E-state index contributed by atoms with van der Waals surface area (Å²) >= 11 is 6.25. The molecule has 108 valence electrons. The molecule has 1 aromatic heterocycles. The zero-order valence-corrected chi connectivity index (χ0v) is 12.4.